The molecule has 0 saturated carbocycles. The van der Waals surface area contributed by atoms with Crippen LogP contribution in [0.25, 0.3) is 0 Å². The van der Waals surface area contributed by atoms with Gasteiger partial charge in [-0.25, -0.2) is 0 Å². The van der Waals surface area contributed by atoms with Crippen molar-refractivity contribution in [2.75, 3.05) is 20.3 Å². The van der Waals surface area contributed by atoms with Crippen molar-refractivity contribution in [3.8, 4) is 0 Å². The maximum Gasteiger partial charge on any atom is 0.0494 e. The topological polar surface area (TPSA) is 35.2 Å². The van der Waals surface area contributed by atoms with Crippen molar-refractivity contribution in [1.29, 1.82) is 0 Å². The van der Waals surface area contributed by atoms with Crippen molar-refractivity contribution < 1.29 is 4.74 Å². The highest BCUT2D eigenvalue weighted by Gasteiger charge is 2.19. The van der Waals surface area contributed by atoms with Gasteiger partial charge in [-0.2, -0.15) is 0 Å². The van der Waals surface area contributed by atoms with Crippen LogP contribution in [0.2, 0.25) is 0 Å². The fraction of sp³-hybridized carbons (Fsp3) is 0.500. The van der Waals surface area contributed by atoms with Crippen LogP contribution in [0.3, 0.4) is 0 Å². The molecular formula is C12H18BrNO. The summed E-state index contributed by atoms with van der Waals surface area (Å²) in [5.74, 6) is 0.777. The van der Waals surface area contributed by atoms with E-state index in [0.717, 1.165) is 11.1 Å². The molecule has 0 radical (unpaired) electrons. The number of benzene rings is 1. The van der Waals surface area contributed by atoms with Crippen LogP contribution in [-0.2, 0) is 4.74 Å². The van der Waals surface area contributed by atoms with Gasteiger partial charge in [0, 0.05) is 24.1 Å². The van der Waals surface area contributed by atoms with Gasteiger partial charge < -0.3 is 10.5 Å². The van der Waals surface area contributed by atoms with Crippen LogP contribution < -0.4 is 5.73 Å². The Balaban J connectivity index is 2.87. The van der Waals surface area contributed by atoms with Crippen LogP contribution in [0.15, 0.2) is 28.7 Å². The van der Waals surface area contributed by atoms with Crippen molar-refractivity contribution >= 4 is 15.9 Å². The van der Waals surface area contributed by atoms with Gasteiger partial charge in [-0.1, -0.05) is 41.1 Å². The molecule has 2 atom stereocenters. The van der Waals surface area contributed by atoms with Crippen molar-refractivity contribution in [2.24, 2.45) is 11.7 Å². The number of hydrogen-bond acceptors (Lipinski definition) is 2. The van der Waals surface area contributed by atoms with E-state index in [2.05, 4.69) is 35.0 Å². The van der Waals surface area contributed by atoms with Gasteiger partial charge in [-0.15, -0.1) is 0 Å². The minimum absolute atomic E-state index is 0.348. The standard InChI is InChI=1S/C12H18BrNO/c1-9(8-15-2)11(7-14)10-5-3-4-6-12(10)13/h3-6,9,11H,7-8,14H2,1-2H3. The van der Waals surface area contributed by atoms with E-state index in [1.807, 2.05) is 12.1 Å². The molecule has 0 fully saturated rings. The Kier molecular flexibility index (Phi) is 5.29. The molecule has 2 N–H and O–H groups in total. The second kappa shape index (κ2) is 6.26. The second-order valence-corrected chi connectivity index (χ2v) is 4.65. The van der Waals surface area contributed by atoms with Crippen LogP contribution in [0, 0.1) is 5.92 Å². The molecule has 0 bridgehead atoms. The third-order valence-corrected chi connectivity index (χ3v) is 3.40. The van der Waals surface area contributed by atoms with E-state index in [1.165, 1.54) is 5.56 Å². The van der Waals surface area contributed by atoms with Crippen molar-refractivity contribution in [3.05, 3.63) is 34.3 Å². The van der Waals surface area contributed by atoms with Gasteiger partial charge in [0.1, 0.15) is 0 Å². The quantitative estimate of drug-likeness (QED) is 0.894. The summed E-state index contributed by atoms with van der Waals surface area (Å²) < 4.78 is 6.31. The number of ether oxygens (including phenoxy) is 1. The molecular weight excluding hydrogens is 254 g/mol. The molecule has 0 aliphatic heterocycles. The predicted molar refractivity (Wildman–Crippen MR) is 67.0 cm³/mol. The fourth-order valence-electron chi connectivity index (χ4n) is 1.82. The minimum atomic E-state index is 0.348. The molecule has 0 aliphatic rings. The average molecular weight is 272 g/mol. The first kappa shape index (κ1) is 12.7. The Hall–Kier alpha value is -0.380. The van der Waals surface area contributed by atoms with Gasteiger partial charge in [0.25, 0.3) is 0 Å². The van der Waals surface area contributed by atoms with E-state index in [4.69, 9.17) is 10.5 Å². The Bertz CT molecular complexity index is 303. The van der Waals surface area contributed by atoms with Gasteiger partial charge in [-0.3, -0.25) is 0 Å². The van der Waals surface area contributed by atoms with Crippen molar-refractivity contribution in [1.82, 2.24) is 0 Å². The average Bonchev–Trinajstić information content (AvgIpc) is 2.22. The molecule has 3 heteroatoms. The van der Waals surface area contributed by atoms with E-state index in [1.54, 1.807) is 7.11 Å². The molecule has 1 rings (SSSR count). The van der Waals surface area contributed by atoms with Gasteiger partial charge in [0.15, 0.2) is 0 Å². The Morgan fingerprint density at radius 2 is 2.07 bits per heavy atom. The molecule has 0 heterocycles. The van der Waals surface area contributed by atoms with Crippen LogP contribution >= 0.6 is 15.9 Å². The summed E-state index contributed by atoms with van der Waals surface area (Å²) in [6, 6.07) is 8.23. The summed E-state index contributed by atoms with van der Waals surface area (Å²) in [5.41, 5.74) is 7.10. The van der Waals surface area contributed by atoms with Crippen LogP contribution in [0.4, 0.5) is 0 Å². The zero-order chi connectivity index (χ0) is 11.3. The van der Waals surface area contributed by atoms with Crippen LogP contribution in [-0.4, -0.2) is 20.3 Å². The molecule has 0 amide bonds. The lowest BCUT2D eigenvalue weighted by atomic mass is 9.88. The van der Waals surface area contributed by atoms with Gasteiger partial charge >= 0.3 is 0 Å². The summed E-state index contributed by atoms with van der Waals surface area (Å²) in [4.78, 5) is 0. The molecule has 0 spiro atoms. The molecule has 0 saturated heterocycles. The summed E-state index contributed by atoms with van der Waals surface area (Å²) in [6.45, 7) is 3.55. The summed E-state index contributed by atoms with van der Waals surface area (Å²) >= 11 is 3.56. The summed E-state index contributed by atoms with van der Waals surface area (Å²) in [5, 5.41) is 0. The van der Waals surface area contributed by atoms with Crippen LogP contribution in [0.1, 0.15) is 18.4 Å². The lowest BCUT2D eigenvalue weighted by Crippen LogP contribution is -2.23. The molecule has 0 aromatic heterocycles. The largest absolute Gasteiger partial charge is 0.384 e. The first-order valence-electron chi connectivity index (χ1n) is 5.14. The number of halogens is 1. The number of hydrogen-bond donors (Lipinski definition) is 1. The minimum Gasteiger partial charge on any atom is -0.384 e. The van der Waals surface area contributed by atoms with E-state index < -0.39 is 0 Å². The fourth-order valence-corrected chi connectivity index (χ4v) is 2.40. The summed E-state index contributed by atoms with van der Waals surface area (Å²) in [7, 11) is 1.73. The molecule has 1 aromatic rings. The normalized spacial score (nSPS) is 14.9. The lowest BCUT2D eigenvalue weighted by molar-refractivity contribution is 0.147. The van der Waals surface area contributed by atoms with E-state index in [-0.39, 0.29) is 0 Å². The monoisotopic (exact) mass is 271 g/mol. The zero-order valence-electron chi connectivity index (χ0n) is 9.24. The van der Waals surface area contributed by atoms with E-state index in [9.17, 15) is 0 Å². The maximum atomic E-state index is 5.83. The van der Waals surface area contributed by atoms with Crippen molar-refractivity contribution in [2.45, 2.75) is 12.8 Å². The van der Waals surface area contributed by atoms with Gasteiger partial charge in [0.05, 0.1) is 0 Å². The number of rotatable bonds is 5. The SMILES string of the molecule is COCC(C)C(CN)c1ccccc1Br. The highest BCUT2D eigenvalue weighted by atomic mass is 79.9. The number of nitrogens with two attached hydrogens (primary N) is 1. The Morgan fingerprint density at radius 1 is 1.40 bits per heavy atom. The number of methoxy groups -OCH3 is 1. The molecule has 15 heavy (non-hydrogen) atoms. The predicted octanol–water partition coefficient (Wildman–Crippen LogP) is 2.77. The van der Waals surface area contributed by atoms with Gasteiger partial charge in [-0.05, 0) is 24.1 Å². The highest BCUT2D eigenvalue weighted by molar-refractivity contribution is 9.10. The maximum absolute atomic E-state index is 5.83. The smallest absolute Gasteiger partial charge is 0.0494 e. The van der Waals surface area contributed by atoms with Gasteiger partial charge in [0.2, 0.25) is 0 Å². The molecule has 1 aromatic carbocycles. The van der Waals surface area contributed by atoms with Crippen LogP contribution in [0.5, 0.6) is 0 Å². The Morgan fingerprint density at radius 3 is 2.60 bits per heavy atom. The lowest BCUT2D eigenvalue weighted by Gasteiger charge is -2.23. The summed E-state index contributed by atoms with van der Waals surface area (Å²) in [6.07, 6.45) is 0. The van der Waals surface area contributed by atoms with E-state index >= 15 is 0 Å². The zero-order valence-corrected chi connectivity index (χ0v) is 10.8. The second-order valence-electron chi connectivity index (χ2n) is 3.80. The first-order chi connectivity index (χ1) is 7.20. The third-order valence-electron chi connectivity index (χ3n) is 2.68. The van der Waals surface area contributed by atoms with Crippen molar-refractivity contribution in [3.63, 3.8) is 0 Å². The molecule has 2 nitrogen and oxygen atoms in total. The first-order valence-corrected chi connectivity index (χ1v) is 5.93. The molecule has 84 valence electrons. The molecule has 2 unspecified atom stereocenters. The Labute approximate surface area is 99.9 Å². The third kappa shape index (κ3) is 3.30. The van der Waals surface area contributed by atoms with E-state index in [0.29, 0.717) is 18.4 Å². The highest BCUT2D eigenvalue weighted by Crippen LogP contribution is 2.29. The molecule has 0 aliphatic carbocycles.